The number of hydrogen-bond donors (Lipinski definition) is 0. The summed E-state index contributed by atoms with van der Waals surface area (Å²) < 4.78 is 0. The van der Waals surface area contributed by atoms with Crippen LogP contribution in [0.25, 0.3) is 0 Å². The maximum Gasteiger partial charge on any atom is 0.0351 e. The van der Waals surface area contributed by atoms with Gasteiger partial charge in [-0.2, -0.15) is 0 Å². The maximum absolute atomic E-state index is 4.61. The smallest absolute Gasteiger partial charge is 0.0351 e. The van der Waals surface area contributed by atoms with Crippen LogP contribution in [-0.4, -0.2) is 36.0 Å². The van der Waals surface area contributed by atoms with E-state index >= 15 is 0 Å². The molecule has 4 saturated carbocycles. The molecule has 4 aliphatic carbocycles. The molecule has 32 heavy (non-hydrogen) atoms. The molecule has 0 bridgehead atoms. The first-order chi connectivity index (χ1) is 15.4. The lowest BCUT2D eigenvalue weighted by atomic mass is 9.67. The molecular weight excluding hydrogens is 388 g/mol. The fourth-order valence-corrected chi connectivity index (χ4v) is 7.19. The summed E-state index contributed by atoms with van der Waals surface area (Å²) in [6.07, 6.45) is 18.3. The normalized spacial score (nSPS) is 34.8. The lowest BCUT2D eigenvalue weighted by Gasteiger charge is -2.44. The van der Waals surface area contributed by atoms with Gasteiger partial charge in [-0.3, -0.25) is 0 Å². The highest BCUT2D eigenvalue weighted by molar-refractivity contribution is 5.17. The van der Waals surface area contributed by atoms with Crippen molar-refractivity contribution in [2.24, 2.45) is 35.0 Å². The van der Waals surface area contributed by atoms with Gasteiger partial charge in [0.15, 0.2) is 0 Å². The number of rotatable bonds is 8. The van der Waals surface area contributed by atoms with Gasteiger partial charge in [0.25, 0.3) is 0 Å². The van der Waals surface area contributed by atoms with E-state index < -0.39 is 0 Å². The molecule has 1 aliphatic heterocycles. The summed E-state index contributed by atoms with van der Waals surface area (Å²) in [6, 6.07) is 0. The molecule has 0 spiro atoms. The number of hydrogen-bond acceptors (Lipinski definition) is 2. The van der Waals surface area contributed by atoms with Gasteiger partial charge in [0.05, 0.1) is 0 Å². The third kappa shape index (κ3) is 5.00. The highest BCUT2D eigenvalue weighted by atomic mass is 15.3. The summed E-state index contributed by atoms with van der Waals surface area (Å²) in [7, 11) is 0. The first-order valence-electron chi connectivity index (χ1n) is 14.0. The Bertz CT molecular complexity index is 711. The van der Waals surface area contributed by atoms with E-state index in [9.17, 15) is 0 Å². The van der Waals surface area contributed by atoms with Gasteiger partial charge in [-0.25, -0.2) is 0 Å². The molecule has 0 aromatic carbocycles. The third-order valence-electron chi connectivity index (χ3n) is 10.2. The molecule has 0 amide bonds. The molecule has 5 fully saturated rings. The summed E-state index contributed by atoms with van der Waals surface area (Å²) in [5.41, 5.74) is 4.87. The summed E-state index contributed by atoms with van der Waals surface area (Å²) >= 11 is 0. The van der Waals surface area contributed by atoms with E-state index in [-0.39, 0.29) is 0 Å². The summed E-state index contributed by atoms with van der Waals surface area (Å²) in [5, 5.41) is 0. The van der Waals surface area contributed by atoms with Crippen molar-refractivity contribution in [3.8, 4) is 0 Å². The SMILES string of the molecule is C=C(CC1CC1)C1CCCC(C2CCC(C(=C)N3CCN(C(=C)C4(C)CC4)CC3)CC2)C1. The van der Waals surface area contributed by atoms with Crippen molar-refractivity contribution in [2.75, 3.05) is 26.2 Å². The molecule has 0 radical (unpaired) electrons. The van der Waals surface area contributed by atoms with Gasteiger partial charge in [-0.1, -0.05) is 45.1 Å². The van der Waals surface area contributed by atoms with Crippen LogP contribution in [0.3, 0.4) is 0 Å². The van der Waals surface area contributed by atoms with E-state index in [2.05, 4.69) is 36.5 Å². The summed E-state index contributed by atoms with van der Waals surface area (Å²) in [6.45, 7) is 20.5. The fraction of sp³-hybridized carbons (Fsp3) is 0.800. The van der Waals surface area contributed by atoms with Crippen molar-refractivity contribution in [2.45, 2.75) is 90.4 Å². The van der Waals surface area contributed by atoms with Gasteiger partial charge in [0, 0.05) is 43.0 Å². The van der Waals surface area contributed by atoms with Gasteiger partial charge >= 0.3 is 0 Å². The Labute approximate surface area is 198 Å². The minimum absolute atomic E-state index is 0.417. The van der Waals surface area contributed by atoms with Crippen molar-refractivity contribution < 1.29 is 0 Å². The van der Waals surface area contributed by atoms with Crippen molar-refractivity contribution in [3.05, 3.63) is 36.7 Å². The lowest BCUT2D eigenvalue weighted by Crippen LogP contribution is -2.47. The zero-order valence-electron chi connectivity index (χ0n) is 20.9. The van der Waals surface area contributed by atoms with E-state index in [1.54, 1.807) is 5.57 Å². The van der Waals surface area contributed by atoms with Gasteiger partial charge < -0.3 is 9.80 Å². The Kier molecular flexibility index (Phi) is 6.52. The Hall–Kier alpha value is -1.18. The second-order valence-corrected chi connectivity index (χ2v) is 12.5. The molecule has 2 heteroatoms. The number of allylic oxidation sites excluding steroid dienone is 3. The molecule has 5 rings (SSSR count). The fourth-order valence-electron chi connectivity index (χ4n) is 7.19. The molecule has 1 saturated heterocycles. The molecule has 2 unspecified atom stereocenters. The van der Waals surface area contributed by atoms with E-state index in [4.69, 9.17) is 0 Å². The highest BCUT2D eigenvalue weighted by Crippen LogP contribution is 2.52. The molecule has 178 valence electrons. The predicted molar refractivity (Wildman–Crippen MR) is 136 cm³/mol. The zero-order chi connectivity index (χ0) is 22.3. The van der Waals surface area contributed by atoms with Crippen molar-refractivity contribution >= 4 is 0 Å². The van der Waals surface area contributed by atoms with Crippen LogP contribution in [0.5, 0.6) is 0 Å². The van der Waals surface area contributed by atoms with Crippen molar-refractivity contribution in [1.82, 2.24) is 9.80 Å². The number of nitrogens with zero attached hydrogens (tertiary/aromatic N) is 2. The second-order valence-electron chi connectivity index (χ2n) is 12.5. The monoisotopic (exact) mass is 436 g/mol. The van der Waals surface area contributed by atoms with Crippen LogP contribution in [0.2, 0.25) is 0 Å². The molecule has 5 aliphatic rings. The van der Waals surface area contributed by atoms with Gasteiger partial charge in [0.2, 0.25) is 0 Å². The summed E-state index contributed by atoms with van der Waals surface area (Å²) in [4.78, 5) is 5.17. The molecule has 2 nitrogen and oxygen atoms in total. The Morgan fingerprint density at radius 3 is 2.03 bits per heavy atom. The topological polar surface area (TPSA) is 6.48 Å². The predicted octanol–water partition coefficient (Wildman–Crippen LogP) is 7.40. The van der Waals surface area contributed by atoms with Crippen LogP contribution in [0.4, 0.5) is 0 Å². The van der Waals surface area contributed by atoms with Crippen molar-refractivity contribution in [1.29, 1.82) is 0 Å². The largest absolute Gasteiger partial charge is 0.372 e. The number of piperazine rings is 1. The first-order valence-corrected chi connectivity index (χ1v) is 14.0. The van der Waals surface area contributed by atoms with Crippen LogP contribution >= 0.6 is 0 Å². The van der Waals surface area contributed by atoms with Crippen LogP contribution in [0.1, 0.15) is 90.4 Å². The van der Waals surface area contributed by atoms with Crippen LogP contribution in [-0.2, 0) is 0 Å². The minimum atomic E-state index is 0.417. The molecule has 1 heterocycles. The van der Waals surface area contributed by atoms with E-state index in [1.807, 2.05) is 0 Å². The van der Waals surface area contributed by atoms with Gasteiger partial charge in [-0.05, 0) is 100 Å². The summed E-state index contributed by atoms with van der Waals surface area (Å²) in [5.74, 6) is 4.51. The second kappa shape index (κ2) is 9.22. The average molecular weight is 437 g/mol. The van der Waals surface area contributed by atoms with E-state index in [0.717, 1.165) is 55.8 Å². The maximum atomic E-state index is 4.61. The lowest BCUT2D eigenvalue weighted by molar-refractivity contribution is 0.129. The van der Waals surface area contributed by atoms with Gasteiger partial charge in [0.1, 0.15) is 0 Å². The van der Waals surface area contributed by atoms with Crippen LogP contribution < -0.4 is 0 Å². The molecule has 2 atom stereocenters. The molecule has 0 aromatic rings. The minimum Gasteiger partial charge on any atom is -0.372 e. The molecule has 0 N–H and O–H groups in total. The van der Waals surface area contributed by atoms with Crippen molar-refractivity contribution in [3.63, 3.8) is 0 Å². The Morgan fingerprint density at radius 2 is 1.41 bits per heavy atom. The third-order valence-corrected chi connectivity index (χ3v) is 10.2. The Morgan fingerprint density at radius 1 is 0.750 bits per heavy atom. The highest BCUT2D eigenvalue weighted by Gasteiger charge is 2.43. The Balaban J connectivity index is 1.06. The zero-order valence-corrected chi connectivity index (χ0v) is 20.9. The van der Waals surface area contributed by atoms with Crippen LogP contribution in [0.15, 0.2) is 36.7 Å². The van der Waals surface area contributed by atoms with Crippen LogP contribution in [0, 0.1) is 35.0 Å². The standard InChI is InChI=1S/C30H48N2/c1-22(20-25-8-9-25)28-6-5-7-29(21-28)27-12-10-26(11-13-27)23(2)31-16-18-32(19-17-31)24(3)30(4)14-15-30/h25-29H,1-3,5-21H2,4H3. The van der Waals surface area contributed by atoms with E-state index in [0.29, 0.717) is 5.41 Å². The van der Waals surface area contributed by atoms with E-state index in [1.165, 1.54) is 94.9 Å². The quantitative estimate of drug-likeness (QED) is 0.366. The first kappa shape index (κ1) is 22.6. The average Bonchev–Trinajstić information content (AvgIpc) is 3.77. The molecule has 0 aromatic heterocycles. The molecular formula is C30H48N2. The van der Waals surface area contributed by atoms with Gasteiger partial charge in [-0.15, -0.1) is 0 Å².